The predicted octanol–water partition coefficient (Wildman–Crippen LogP) is 1.25. The Hall–Kier alpha value is -1.62. The monoisotopic (exact) mass is 250 g/mol. The lowest BCUT2D eigenvalue weighted by Crippen LogP contribution is -2.30. The van der Waals surface area contributed by atoms with Crippen LogP contribution in [0.2, 0.25) is 0 Å². The van der Waals surface area contributed by atoms with Gasteiger partial charge in [0.25, 0.3) is 0 Å². The molecule has 0 atom stereocenters. The summed E-state index contributed by atoms with van der Waals surface area (Å²) < 4.78 is 13.2. The number of hydrogen-bond donors (Lipinski definition) is 2. The van der Waals surface area contributed by atoms with Crippen molar-refractivity contribution in [2.45, 2.75) is 6.42 Å². The molecule has 1 aliphatic heterocycles. The number of nitrogens with two attached hydrogens (primary N) is 1. The van der Waals surface area contributed by atoms with E-state index < -0.39 is 0 Å². The maximum absolute atomic E-state index is 13.2. The molecule has 3 N–H and O–H groups in total. The second-order valence-electron chi connectivity index (χ2n) is 4.72. The molecule has 1 saturated heterocycles. The molecule has 1 aromatic rings. The Kier molecular flexibility index (Phi) is 3.81. The average molecular weight is 250 g/mol. The summed E-state index contributed by atoms with van der Waals surface area (Å²) in [7, 11) is 2.10. The highest BCUT2D eigenvalue weighted by atomic mass is 19.1. The van der Waals surface area contributed by atoms with Gasteiger partial charge in [0.2, 0.25) is 0 Å². The van der Waals surface area contributed by atoms with Crippen LogP contribution in [-0.4, -0.2) is 44.0 Å². The number of anilines is 1. The van der Waals surface area contributed by atoms with Crippen LogP contribution in [-0.2, 0) is 0 Å². The summed E-state index contributed by atoms with van der Waals surface area (Å²) in [6.45, 7) is 3.82. The summed E-state index contributed by atoms with van der Waals surface area (Å²) >= 11 is 0. The number of nitrogen functional groups attached to an aromatic ring is 1. The normalized spacial score (nSPS) is 17.6. The van der Waals surface area contributed by atoms with Crippen molar-refractivity contribution in [1.29, 1.82) is 5.41 Å². The first-order valence-electron chi connectivity index (χ1n) is 6.15. The SMILES string of the molecule is CN1CCCN(c2ccc(F)cc2C(=N)N)CC1. The van der Waals surface area contributed by atoms with Crippen LogP contribution >= 0.6 is 0 Å². The minimum absolute atomic E-state index is 0.0814. The second-order valence-corrected chi connectivity index (χ2v) is 4.72. The standard InChI is InChI=1S/C13H19FN4/c1-17-5-2-6-18(8-7-17)12-4-3-10(14)9-11(12)13(15)16/h3-4,9H,2,5-8H2,1H3,(H3,15,16). The summed E-state index contributed by atoms with van der Waals surface area (Å²) in [5, 5.41) is 7.56. The number of likely N-dealkylation sites (N-methyl/N-ethyl adjacent to an activating group) is 1. The van der Waals surface area contributed by atoms with Crippen molar-refractivity contribution in [2.24, 2.45) is 5.73 Å². The zero-order valence-electron chi connectivity index (χ0n) is 10.6. The molecular weight excluding hydrogens is 231 g/mol. The fraction of sp³-hybridized carbons (Fsp3) is 0.462. The molecule has 18 heavy (non-hydrogen) atoms. The molecule has 1 aromatic carbocycles. The van der Waals surface area contributed by atoms with Gasteiger partial charge in [-0.15, -0.1) is 0 Å². The molecule has 0 amide bonds. The van der Waals surface area contributed by atoms with E-state index in [4.69, 9.17) is 11.1 Å². The fourth-order valence-electron chi connectivity index (χ4n) is 2.29. The number of amidine groups is 1. The maximum atomic E-state index is 13.2. The third-order valence-electron chi connectivity index (χ3n) is 3.31. The van der Waals surface area contributed by atoms with Gasteiger partial charge < -0.3 is 15.5 Å². The van der Waals surface area contributed by atoms with Crippen LogP contribution in [0.5, 0.6) is 0 Å². The molecule has 1 aliphatic rings. The number of hydrogen-bond acceptors (Lipinski definition) is 3. The van der Waals surface area contributed by atoms with E-state index in [2.05, 4.69) is 16.8 Å². The highest BCUT2D eigenvalue weighted by molar-refractivity contribution is 6.00. The number of nitrogens with one attached hydrogen (secondary N) is 1. The van der Waals surface area contributed by atoms with Gasteiger partial charge in [-0.1, -0.05) is 0 Å². The van der Waals surface area contributed by atoms with E-state index in [9.17, 15) is 4.39 Å². The van der Waals surface area contributed by atoms with E-state index in [0.29, 0.717) is 5.56 Å². The zero-order valence-corrected chi connectivity index (χ0v) is 10.6. The number of halogens is 1. The van der Waals surface area contributed by atoms with E-state index in [1.54, 1.807) is 6.07 Å². The van der Waals surface area contributed by atoms with E-state index >= 15 is 0 Å². The highest BCUT2D eigenvalue weighted by Gasteiger charge is 2.17. The molecule has 98 valence electrons. The van der Waals surface area contributed by atoms with Gasteiger partial charge in [0.1, 0.15) is 11.7 Å². The topological polar surface area (TPSA) is 56.4 Å². The second kappa shape index (κ2) is 5.35. The van der Waals surface area contributed by atoms with Crippen molar-refractivity contribution >= 4 is 11.5 Å². The van der Waals surface area contributed by atoms with Crippen molar-refractivity contribution in [3.63, 3.8) is 0 Å². The first-order valence-corrected chi connectivity index (χ1v) is 6.15. The molecule has 0 spiro atoms. The number of nitrogens with zero attached hydrogens (tertiary/aromatic N) is 2. The molecule has 0 saturated carbocycles. The third-order valence-corrected chi connectivity index (χ3v) is 3.31. The van der Waals surface area contributed by atoms with E-state index in [-0.39, 0.29) is 11.7 Å². The predicted molar refractivity (Wildman–Crippen MR) is 71.7 cm³/mol. The summed E-state index contributed by atoms with van der Waals surface area (Å²) in [5.74, 6) is -0.432. The van der Waals surface area contributed by atoms with Crippen LogP contribution in [0.15, 0.2) is 18.2 Å². The number of rotatable bonds is 2. The third kappa shape index (κ3) is 2.79. The van der Waals surface area contributed by atoms with Crippen molar-refractivity contribution in [1.82, 2.24) is 4.90 Å². The Morgan fingerprint density at radius 3 is 2.78 bits per heavy atom. The Morgan fingerprint density at radius 1 is 1.28 bits per heavy atom. The van der Waals surface area contributed by atoms with Crippen molar-refractivity contribution in [3.05, 3.63) is 29.6 Å². The van der Waals surface area contributed by atoms with Crippen molar-refractivity contribution in [2.75, 3.05) is 38.1 Å². The van der Waals surface area contributed by atoms with E-state index in [1.807, 2.05) is 0 Å². The van der Waals surface area contributed by atoms with Crippen LogP contribution in [0.3, 0.4) is 0 Å². The Bertz CT molecular complexity index is 447. The van der Waals surface area contributed by atoms with Gasteiger partial charge in [0.05, 0.1) is 0 Å². The molecule has 0 unspecified atom stereocenters. The van der Waals surface area contributed by atoms with Gasteiger partial charge >= 0.3 is 0 Å². The lowest BCUT2D eigenvalue weighted by Gasteiger charge is -2.25. The summed E-state index contributed by atoms with van der Waals surface area (Å²) in [6.07, 6.45) is 1.06. The van der Waals surface area contributed by atoms with Crippen LogP contribution < -0.4 is 10.6 Å². The first-order chi connectivity index (χ1) is 8.58. The molecular formula is C13H19FN4. The van der Waals surface area contributed by atoms with Crippen LogP contribution in [0.25, 0.3) is 0 Å². The molecule has 1 heterocycles. The van der Waals surface area contributed by atoms with Crippen LogP contribution in [0, 0.1) is 11.2 Å². The Balaban J connectivity index is 2.29. The van der Waals surface area contributed by atoms with Gasteiger partial charge in [-0.3, -0.25) is 5.41 Å². The molecule has 0 aromatic heterocycles. The highest BCUT2D eigenvalue weighted by Crippen LogP contribution is 2.22. The zero-order chi connectivity index (χ0) is 13.1. The summed E-state index contributed by atoms with van der Waals surface area (Å²) in [6, 6.07) is 4.49. The molecule has 1 fully saturated rings. The van der Waals surface area contributed by atoms with Gasteiger partial charge in [-0.2, -0.15) is 0 Å². The first kappa shape index (κ1) is 12.8. The quantitative estimate of drug-likeness (QED) is 0.613. The lowest BCUT2D eigenvalue weighted by atomic mass is 10.1. The van der Waals surface area contributed by atoms with Gasteiger partial charge in [-0.05, 0) is 38.2 Å². The van der Waals surface area contributed by atoms with Crippen LogP contribution in [0.4, 0.5) is 10.1 Å². The molecule has 2 rings (SSSR count). The molecule has 0 radical (unpaired) electrons. The Morgan fingerprint density at radius 2 is 2.06 bits per heavy atom. The summed E-state index contributed by atoms with van der Waals surface area (Å²) in [4.78, 5) is 4.45. The molecule has 0 aliphatic carbocycles. The maximum Gasteiger partial charge on any atom is 0.125 e. The van der Waals surface area contributed by atoms with Crippen molar-refractivity contribution < 1.29 is 4.39 Å². The van der Waals surface area contributed by atoms with E-state index in [1.165, 1.54) is 12.1 Å². The Labute approximate surface area is 107 Å². The smallest absolute Gasteiger partial charge is 0.125 e. The minimum atomic E-state index is -0.351. The largest absolute Gasteiger partial charge is 0.384 e. The molecule has 5 heteroatoms. The van der Waals surface area contributed by atoms with Crippen LogP contribution in [0.1, 0.15) is 12.0 Å². The molecule has 4 nitrogen and oxygen atoms in total. The number of benzene rings is 1. The molecule has 0 bridgehead atoms. The van der Waals surface area contributed by atoms with E-state index in [0.717, 1.165) is 38.3 Å². The summed E-state index contributed by atoms with van der Waals surface area (Å²) in [5.41, 5.74) is 6.88. The van der Waals surface area contributed by atoms with Gasteiger partial charge in [-0.25, -0.2) is 4.39 Å². The van der Waals surface area contributed by atoms with Crippen molar-refractivity contribution in [3.8, 4) is 0 Å². The fourth-order valence-corrected chi connectivity index (χ4v) is 2.29. The average Bonchev–Trinajstić information content (AvgIpc) is 2.54. The minimum Gasteiger partial charge on any atom is -0.384 e. The van der Waals surface area contributed by atoms with Gasteiger partial charge in [0, 0.05) is 30.9 Å². The lowest BCUT2D eigenvalue weighted by molar-refractivity contribution is 0.360. The van der Waals surface area contributed by atoms with Gasteiger partial charge in [0.15, 0.2) is 0 Å².